The van der Waals surface area contributed by atoms with Crippen molar-refractivity contribution >= 4 is 28.8 Å². The molecule has 0 aliphatic carbocycles. The molecule has 0 spiro atoms. The fourth-order valence-electron chi connectivity index (χ4n) is 1.18. The van der Waals surface area contributed by atoms with Crippen LogP contribution in [0.4, 0.5) is 0 Å². The van der Waals surface area contributed by atoms with Crippen molar-refractivity contribution in [3.05, 3.63) is 24.6 Å². The first kappa shape index (κ1) is 10.0. The van der Waals surface area contributed by atoms with Crippen molar-refractivity contribution < 1.29 is 14.3 Å². The first-order valence-electron chi connectivity index (χ1n) is 4.43. The van der Waals surface area contributed by atoms with E-state index >= 15 is 0 Å². The summed E-state index contributed by atoms with van der Waals surface area (Å²) in [5, 5.41) is 8.49. The highest BCUT2D eigenvalue weighted by molar-refractivity contribution is 7.99. The lowest BCUT2D eigenvalue weighted by atomic mass is 10.3. The number of carboxylic acids is 1. The Morgan fingerprint density at radius 2 is 2.40 bits per heavy atom. The lowest BCUT2D eigenvalue weighted by Gasteiger charge is -1.98. The van der Waals surface area contributed by atoms with Gasteiger partial charge in [0.1, 0.15) is 5.52 Å². The van der Waals surface area contributed by atoms with E-state index in [1.807, 2.05) is 18.2 Å². The second kappa shape index (κ2) is 4.35. The molecule has 0 amide bonds. The van der Waals surface area contributed by atoms with Gasteiger partial charge in [0.15, 0.2) is 12.0 Å². The fraction of sp³-hybridized carbons (Fsp3) is 0.200. The summed E-state index contributed by atoms with van der Waals surface area (Å²) in [6, 6.07) is 5.65. The zero-order chi connectivity index (χ0) is 10.7. The molecule has 15 heavy (non-hydrogen) atoms. The zero-order valence-corrected chi connectivity index (χ0v) is 8.66. The number of aromatic nitrogens is 1. The molecule has 0 aliphatic rings. The van der Waals surface area contributed by atoms with E-state index in [0.717, 1.165) is 16.0 Å². The second-order valence-corrected chi connectivity index (χ2v) is 4.14. The molecule has 2 aromatic rings. The van der Waals surface area contributed by atoms with E-state index < -0.39 is 5.97 Å². The van der Waals surface area contributed by atoms with Crippen LogP contribution in [0.2, 0.25) is 0 Å². The van der Waals surface area contributed by atoms with Gasteiger partial charge < -0.3 is 9.52 Å². The van der Waals surface area contributed by atoms with Crippen molar-refractivity contribution in [3.8, 4) is 0 Å². The molecule has 1 aromatic carbocycles. The molecule has 0 saturated heterocycles. The van der Waals surface area contributed by atoms with E-state index in [9.17, 15) is 4.79 Å². The summed E-state index contributed by atoms with van der Waals surface area (Å²) in [5.41, 5.74) is 1.55. The van der Waals surface area contributed by atoms with Crippen LogP contribution in [-0.4, -0.2) is 21.8 Å². The molecule has 0 aliphatic heterocycles. The minimum absolute atomic E-state index is 0.166. The number of oxazole rings is 1. The van der Waals surface area contributed by atoms with E-state index in [1.165, 1.54) is 18.2 Å². The Labute approximate surface area is 90.3 Å². The molecule has 0 saturated carbocycles. The van der Waals surface area contributed by atoms with Gasteiger partial charge in [-0.3, -0.25) is 4.79 Å². The number of carboxylic acid groups (broad SMARTS) is 1. The summed E-state index contributed by atoms with van der Waals surface area (Å²) < 4.78 is 5.15. The van der Waals surface area contributed by atoms with Gasteiger partial charge in [0.2, 0.25) is 0 Å². The average molecular weight is 223 g/mol. The summed E-state index contributed by atoms with van der Waals surface area (Å²) in [5.74, 6) is -0.210. The van der Waals surface area contributed by atoms with Gasteiger partial charge >= 0.3 is 5.97 Å². The quantitative estimate of drug-likeness (QED) is 0.806. The van der Waals surface area contributed by atoms with Gasteiger partial charge in [-0.15, -0.1) is 11.8 Å². The minimum atomic E-state index is -0.775. The number of benzene rings is 1. The smallest absolute Gasteiger partial charge is 0.304 e. The van der Waals surface area contributed by atoms with E-state index in [1.54, 1.807) is 0 Å². The lowest BCUT2D eigenvalue weighted by molar-refractivity contribution is -0.136. The number of hydrogen-bond acceptors (Lipinski definition) is 4. The van der Waals surface area contributed by atoms with Gasteiger partial charge in [0, 0.05) is 10.6 Å². The molecule has 1 heterocycles. The summed E-state index contributed by atoms with van der Waals surface area (Å²) >= 11 is 1.50. The van der Waals surface area contributed by atoms with Crippen molar-refractivity contribution in [2.45, 2.75) is 11.3 Å². The van der Waals surface area contributed by atoms with Crippen LogP contribution >= 0.6 is 11.8 Å². The Kier molecular flexibility index (Phi) is 2.91. The molecule has 0 bridgehead atoms. The van der Waals surface area contributed by atoms with Crippen LogP contribution in [0.5, 0.6) is 0 Å². The Hall–Kier alpha value is -1.49. The van der Waals surface area contributed by atoms with Crippen LogP contribution in [-0.2, 0) is 4.79 Å². The van der Waals surface area contributed by atoms with Crippen LogP contribution in [0.15, 0.2) is 33.9 Å². The highest BCUT2D eigenvalue weighted by Crippen LogP contribution is 2.23. The number of carbonyl (C=O) groups is 1. The maximum Gasteiger partial charge on any atom is 0.304 e. The predicted molar refractivity (Wildman–Crippen MR) is 57.0 cm³/mol. The van der Waals surface area contributed by atoms with Crippen molar-refractivity contribution in [3.63, 3.8) is 0 Å². The van der Waals surface area contributed by atoms with Crippen LogP contribution in [0.1, 0.15) is 6.42 Å². The zero-order valence-electron chi connectivity index (χ0n) is 7.84. The van der Waals surface area contributed by atoms with Gasteiger partial charge in [0.05, 0.1) is 6.42 Å². The Morgan fingerprint density at radius 3 is 3.20 bits per heavy atom. The maximum absolute atomic E-state index is 10.3. The molecule has 1 aromatic heterocycles. The monoisotopic (exact) mass is 223 g/mol. The largest absolute Gasteiger partial charge is 0.481 e. The van der Waals surface area contributed by atoms with Crippen molar-refractivity contribution in [1.82, 2.24) is 4.98 Å². The van der Waals surface area contributed by atoms with Gasteiger partial charge in [-0.2, -0.15) is 0 Å². The molecular formula is C10H9NO3S. The SMILES string of the molecule is O=C(O)CCSc1ccc2ncoc2c1. The van der Waals surface area contributed by atoms with E-state index in [-0.39, 0.29) is 6.42 Å². The second-order valence-electron chi connectivity index (χ2n) is 2.97. The number of fused-ring (bicyclic) bond motifs is 1. The van der Waals surface area contributed by atoms with Crippen molar-refractivity contribution in [2.24, 2.45) is 0 Å². The molecule has 2 rings (SSSR count). The Bertz CT molecular complexity index is 480. The topological polar surface area (TPSA) is 63.3 Å². The maximum atomic E-state index is 10.3. The van der Waals surface area contributed by atoms with E-state index in [0.29, 0.717) is 5.75 Å². The van der Waals surface area contributed by atoms with Crippen LogP contribution < -0.4 is 0 Å². The van der Waals surface area contributed by atoms with E-state index in [4.69, 9.17) is 9.52 Å². The first-order chi connectivity index (χ1) is 7.25. The lowest BCUT2D eigenvalue weighted by Crippen LogP contribution is -1.95. The van der Waals surface area contributed by atoms with Crippen molar-refractivity contribution in [2.75, 3.05) is 5.75 Å². The van der Waals surface area contributed by atoms with Crippen molar-refractivity contribution in [1.29, 1.82) is 0 Å². The van der Waals surface area contributed by atoms with Crippen LogP contribution in [0.25, 0.3) is 11.1 Å². The van der Waals surface area contributed by atoms with Gasteiger partial charge in [-0.25, -0.2) is 4.98 Å². The number of nitrogens with zero attached hydrogens (tertiary/aromatic N) is 1. The summed E-state index contributed by atoms with van der Waals surface area (Å²) in [7, 11) is 0. The molecule has 4 nitrogen and oxygen atoms in total. The highest BCUT2D eigenvalue weighted by Gasteiger charge is 2.02. The van der Waals surface area contributed by atoms with E-state index in [2.05, 4.69) is 4.98 Å². The third-order valence-electron chi connectivity index (χ3n) is 1.89. The number of rotatable bonds is 4. The molecule has 0 atom stereocenters. The fourth-order valence-corrected chi connectivity index (χ4v) is 2.05. The summed E-state index contributed by atoms with van der Waals surface area (Å²) in [4.78, 5) is 15.3. The third-order valence-corrected chi connectivity index (χ3v) is 2.88. The molecule has 0 unspecified atom stereocenters. The van der Waals surface area contributed by atoms with Crippen LogP contribution in [0.3, 0.4) is 0 Å². The predicted octanol–water partition coefficient (Wildman–Crippen LogP) is 2.39. The number of aliphatic carboxylic acids is 1. The Balaban J connectivity index is 2.04. The molecule has 0 radical (unpaired) electrons. The number of thioether (sulfide) groups is 1. The normalized spacial score (nSPS) is 10.7. The molecule has 78 valence electrons. The van der Waals surface area contributed by atoms with Gasteiger partial charge in [-0.1, -0.05) is 0 Å². The molecule has 1 N–H and O–H groups in total. The average Bonchev–Trinajstić information content (AvgIpc) is 2.64. The molecule has 5 heteroatoms. The standard InChI is InChI=1S/C10H9NO3S/c12-10(13)3-4-15-7-1-2-8-9(5-7)14-6-11-8/h1-2,5-6H,3-4H2,(H,12,13). The Morgan fingerprint density at radius 1 is 1.53 bits per heavy atom. The summed E-state index contributed by atoms with van der Waals surface area (Å²) in [6.07, 6.45) is 1.56. The number of hydrogen-bond donors (Lipinski definition) is 1. The molecular weight excluding hydrogens is 214 g/mol. The minimum Gasteiger partial charge on any atom is -0.481 e. The van der Waals surface area contributed by atoms with Crippen LogP contribution in [0, 0.1) is 0 Å². The molecule has 0 fully saturated rings. The van der Waals surface area contributed by atoms with Gasteiger partial charge in [-0.05, 0) is 18.2 Å². The highest BCUT2D eigenvalue weighted by atomic mass is 32.2. The third kappa shape index (κ3) is 2.50. The first-order valence-corrected chi connectivity index (χ1v) is 5.42. The summed E-state index contributed by atoms with van der Waals surface area (Å²) in [6.45, 7) is 0. The van der Waals surface area contributed by atoms with Gasteiger partial charge in [0.25, 0.3) is 0 Å².